The molecule has 1 aliphatic heterocycles. The second-order valence-electron chi connectivity index (χ2n) is 4.06. The van der Waals surface area contributed by atoms with E-state index in [0.29, 0.717) is 6.42 Å². The molecule has 7 nitrogen and oxygen atoms in total. The molecule has 0 fully saturated rings. The molecule has 1 aromatic heterocycles. The Kier molecular flexibility index (Phi) is 3.04. The molecule has 0 aromatic carbocycles. The van der Waals surface area contributed by atoms with Crippen molar-refractivity contribution < 1.29 is 5.21 Å². The van der Waals surface area contributed by atoms with Crippen LogP contribution in [0.15, 0.2) is 11.5 Å². The summed E-state index contributed by atoms with van der Waals surface area (Å²) in [5.74, 6) is 1.23. The molecule has 1 atom stereocenters. The number of oxime groups is 1. The molecule has 0 spiro atoms. The minimum absolute atomic E-state index is 0.237. The Labute approximate surface area is 93.6 Å². The molecule has 7 heteroatoms. The molecule has 1 aromatic rings. The van der Waals surface area contributed by atoms with Crippen molar-refractivity contribution >= 4 is 5.84 Å². The number of aromatic nitrogens is 3. The van der Waals surface area contributed by atoms with E-state index in [1.807, 2.05) is 4.57 Å². The van der Waals surface area contributed by atoms with E-state index in [1.165, 1.54) is 0 Å². The lowest BCUT2D eigenvalue weighted by Gasteiger charge is -2.31. The smallest absolute Gasteiger partial charge is 0.147 e. The molecule has 2 heterocycles. The van der Waals surface area contributed by atoms with Crippen molar-refractivity contribution in [1.82, 2.24) is 19.7 Å². The van der Waals surface area contributed by atoms with Gasteiger partial charge in [0, 0.05) is 25.6 Å². The maximum atomic E-state index is 8.52. The summed E-state index contributed by atoms with van der Waals surface area (Å²) in [5.41, 5.74) is 5.50. The second kappa shape index (κ2) is 4.48. The Hall–Kier alpha value is -1.63. The van der Waals surface area contributed by atoms with E-state index in [4.69, 9.17) is 10.9 Å². The van der Waals surface area contributed by atoms with Gasteiger partial charge in [0.2, 0.25) is 0 Å². The van der Waals surface area contributed by atoms with Crippen molar-refractivity contribution in [3.63, 3.8) is 0 Å². The van der Waals surface area contributed by atoms with Gasteiger partial charge in [-0.3, -0.25) is 4.90 Å². The monoisotopic (exact) mass is 224 g/mol. The fourth-order valence-corrected chi connectivity index (χ4v) is 1.93. The van der Waals surface area contributed by atoms with E-state index in [0.717, 1.165) is 25.5 Å². The van der Waals surface area contributed by atoms with Gasteiger partial charge in [0.05, 0.1) is 6.54 Å². The van der Waals surface area contributed by atoms with Crippen LogP contribution in [0, 0.1) is 0 Å². The lowest BCUT2D eigenvalue weighted by molar-refractivity contribution is 0.165. The average molecular weight is 224 g/mol. The second-order valence-corrected chi connectivity index (χ2v) is 4.06. The number of hydrogen-bond acceptors (Lipinski definition) is 5. The SMILES string of the molecule is CC(CC(N)=NO)N1CCn2cnnc2C1. The van der Waals surface area contributed by atoms with Gasteiger partial charge in [0.1, 0.15) is 18.0 Å². The van der Waals surface area contributed by atoms with Gasteiger partial charge in [-0.05, 0) is 6.92 Å². The van der Waals surface area contributed by atoms with Crippen LogP contribution in [0.25, 0.3) is 0 Å². The summed E-state index contributed by atoms with van der Waals surface area (Å²) in [5, 5.41) is 19.4. The van der Waals surface area contributed by atoms with Crippen LogP contribution in [-0.4, -0.2) is 43.3 Å². The van der Waals surface area contributed by atoms with Crippen LogP contribution in [0.5, 0.6) is 0 Å². The van der Waals surface area contributed by atoms with E-state index in [1.54, 1.807) is 6.33 Å². The number of fused-ring (bicyclic) bond motifs is 1. The zero-order chi connectivity index (χ0) is 11.5. The van der Waals surface area contributed by atoms with Crippen molar-refractivity contribution in [1.29, 1.82) is 0 Å². The average Bonchev–Trinajstić information content (AvgIpc) is 2.75. The van der Waals surface area contributed by atoms with Gasteiger partial charge in [-0.25, -0.2) is 0 Å². The molecule has 0 saturated heterocycles. The third-order valence-electron chi connectivity index (χ3n) is 2.92. The summed E-state index contributed by atoms with van der Waals surface area (Å²) in [4.78, 5) is 2.25. The Morgan fingerprint density at radius 2 is 2.50 bits per heavy atom. The van der Waals surface area contributed by atoms with Crippen molar-refractivity contribution in [3.05, 3.63) is 12.2 Å². The summed E-state index contributed by atoms with van der Waals surface area (Å²) in [6.07, 6.45) is 2.31. The van der Waals surface area contributed by atoms with Crippen LogP contribution in [0.1, 0.15) is 19.2 Å². The summed E-state index contributed by atoms with van der Waals surface area (Å²) in [7, 11) is 0. The molecule has 88 valence electrons. The van der Waals surface area contributed by atoms with E-state index in [2.05, 4.69) is 27.2 Å². The first kappa shape index (κ1) is 10.9. The molecule has 1 aliphatic rings. The fraction of sp³-hybridized carbons (Fsp3) is 0.667. The van der Waals surface area contributed by atoms with Gasteiger partial charge in [0.15, 0.2) is 0 Å². The Morgan fingerprint density at radius 1 is 1.69 bits per heavy atom. The molecule has 0 amide bonds. The lowest BCUT2D eigenvalue weighted by atomic mass is 10.1. The minimum atomic E-state index is 0.237. The first-order valence-corrected chi connectivity index (χ1v) is 5.28. The first-order valence-electron chi connectivity index (χ1n) is 5.28. The lowest BCUT2D eigenvalue weighted by Crippen LogP contribution is -2.41. The van der Waals surface area contributed by atoms with Crippen LogP contribution < -0.4 is 5.73 Å². The van der Waals surface area contributed by atoms with Crippen molar-refractivity contribution in [2.24, 2.45) is 10.9 Å². The van der Waals surface area contributed by atoms with Crippen LogP contribution in [0.3, 0.4) is 0 Å². The topological polar surface area (TPSA) is 92.6 Å². The molecular weight excluding hydrogens is 208 g/mol. The predicted molar refractivity (Wildman–Crippen MR) is 57.9 cm³/mol. The van der Waals surface area contributed by atoms with E-state index in [9.17, 15) is 0 Å². The molecule has 3 N–H and O–H groups in total. The molecule has 0 aliphatic carbocycles. The van der Waals surface area contributed by atoms with Gasteiger partial charge in [-0.1, -0.05) is 5.16 Å². The van der Waals surface area contributed by atoms with E-state index < -0.39 is 0 Å². The molecule has 2 rings (SSSR count). The summed E-state index contributed by atoms with van der Waals surface area (Å²) < 4.78 is 2.05. The van der Waals surface area contributed by atoms with E-state index in [-0.39, 0.29) is 11.9 Å². The Bertz CT molecular complexity index is 387. The fourth-order valence-electron chi connectivity index (χ4n) is 1.93. The van der Waals surface area contributed by atoms with E-state index >= 15 is 0 Å². The number of nitrogens with two attached hydrogens (primary N) is 1. The van der Waals surface area contributed by atoms with Crippen LogP contribution in [0.2, 0.25) is 0 Å². The zero-order valence-corrected chi connectivity index (χ0v) is 9.24. The molecule has 1 unspecified atom stereocenters. The quantitative estimate of drug-likeness (QED) is 0.316. The van der Waals surface area contributed by atoms with Crippen molar-refractivity contribution in [2.75, 3.05) is 6.54 Å². The molecular formula is C9H16N6O. The number of hydrogen-bond donors (Lipinski definition) is 2. The highest BCUT2D eigenvalue weighted by Gasteiger charge is 2.22. The predicted octanol–water partition coefficient (Wildman–Crippen LogP) is -0.381. The highest BCUT2D eigenvalue weighted by Crippen LogP contribution is 2.13. The highest BCUT2D eigenvalue weighted by molar-refractivity contribution is 5.80. The van der Waals surface area contributed by atoms with Crippen LogP contribution in [0.4, 0.5) is 0 Å². The molecule has 0 radical (unpaired) electrons. The van der Waals surface area contributed by atoms with Crippen LogP contribution >= 0.6 is 0 Å². The number of amidine groups is 1. The molecule has 16 heavy (non-hydrogen) atoms. The standard InChI is InChI=1S/C9H16N6O/c1-7(4-8(10)13-16)14-2-3-15-6-11-12-9(15)5-14/h6-7,16H,2-5H2,1H3,(H2,10,13). The van der Waals surface area contributed by atoms with Crippen molar-refractivity contribution in [3.8, 4) is 0 Å². The van der Waals surface area contributed by atoms with Crippen molar-refractivity contribution in [2.45, 2.75) is 32.5 Å². The van der Waals surface area contributed by atoms with Gasteiger partial charge >= 0.3 is 0 Å². The van der Waals surface area contributed by atoms with Gasteiger partial charge in [-0.2, -0.15) is 0 Å². The Balaban J connectivity index is 1.98. The highest BCUT2D eigenvalue weighted by atomic mass is 16.4. The largest absolute Gasteiger partial charge is 0.409 e. The third-order valence-corrected chi connectivity index (χ3v) is 2.92. The van der Waals surface area contributed by atoms with Gasteiger partial charge in [-0.15, -0.1) is 10.2 Å². The first-order chi connectivity index (χ1) is 7.70. The maximum Gasteiger partial charge on any atom is 0.147 e. The van der Waals surface area contributed by atoms with Crippen LogP contribution in [-0.2, 0) is 13.1 Å². The maximum absolute atomic E-state index is 8.52. The third kappa shape index (κ3) is 2.13. The molecule has 0 saturated carbocycles. The normalized spacial score (nSPS) is 19.4. The number of rotatable bonds is 3. The summed E-state index contributed by atoms with van der Waals surface area (Å²) >= 11 is 0. The van der Waals surface area contributed by atoms with Gasteiger partial charge < -0.3 is 15.5 Å². The Morgan fingerprint density at radius 3 is 3.25 bits per heavy atom. The zero-order valence-electron chi connectivity index (χ0n) is 9.24. The van der Waals surface area contributed by atoms with Gasteiger partial charge in [0.25, 0.3) is 0 Å². The number of nitrogens with zero attached hydrogens (tertiary/aromatic N) is 5. The molecule has 0 bridgehead atoms. The summed E-state index contributed by atoms with van der Waals surface area (Å²) in [6, 6.07) is 0.237. The minimum Gasteiger partial charge on any atom is -0.409 e. The summed E-state index contributed by atoms with van der Waals surface area (Å²) in [6.45, 7) is 4.65.